The average Bonchev–Trinajstić information content (AvgIpc) is 3.32. The summed E-state index contributed by atoms with van der Waals surface area (Å²) in [6, 6.07) is 4.51. The second-order valence-electron chi connectivity index (χ2n) is 10.3. The number of nitrogens with one attached hydrogen (secondary N) is 2. The molecule has 11 heteroatoms. The summed E-state index contributed by atoms with van der Waals surface area (Å²) in [6.45, 7) is 9.09. The third kappa shape index (κ3) is 5.94. The molecule has 3 unspecified atom stereocenters. The minimum absolute atomic E-state index is 0.0276. The molecule has 0 amide bonds. The highest BCUT2D eigenvalue weighted by atomic mass is 19.1. The van der Waals surface area contributed by atoms with Crippen LogP contribution in [0.1, 0.15) is 58.2 Å². The van der Waals surface area contributed by atoms with Gasteiger partial charge in [-0.05, 0) is 59.6 Å². The molecule has 1 fully saturated rings. The van der Waals surface area contributed by atoms with Crippen molar-refractivity contribution < 1.29 is 13.5 Å². The fourth-order valence-electron chi connectivity index (χ4n) is 4.26. The summed E-state index contributed by atoms with van der Waals surface area (Å²) < 4.78 is 35.9. The van der Waals surface area contributed by atoms with E-state index in [9.17, 15) is 14.0 Å². The van der Waals surface area contributed by atoms with E-state index in [1.165, 1.54) is 4.80 Å². The van der Waals surface area contributed by atoms with Crippen LogP contribution in [0.25, 0.3) is 5.69 Å². The molecular weight excluding hydrogens is 466 g/mol. The van der Waals surface area contributed by atoms with E-state index in [-0.39, 0.29) is 29.7 Å². The number of nitrogens with zero attached hydrogens (tertiary/aromatic N) is 6. The zero-order valence-corrected chi connectivity index (χ0v) is 21.0. The Morgan fingerprint density at radius 3 is 2.61 bits per heavy atom. The molecule has 1 aliphatic carbocycles. The van der Waals surface area contributed by atoms with Crippen LogP contribution < -0.4 is 10.6 Å². The number of aromatic nitrogens is 5. The van der Waals surface area contributed by atoms with Crippen molar-refractivity contribution in [2.24, 2.45) is 0 Å². The van der Waals surface area contributed by atoms with Crippen molar-refractivity contribution in [3.63, 3.8) is 0 Å². The molecule has 0 aliphatic heterocycles. The Morgan fingerprint density at radius 2 is 1.94 bits per heavy atom. The van der Waals surface area contributed by atoms with E-state index in [0.29, 0.717) is 29.9 Å². The summed E-state index contributed by atoms with van der Waals surface area (Å²) in [4.78, 5) is 10.2. The SMILES string of the molecule is Cc1ncc(Nc2nc(NC3CCC(C)(F)CC3OC(C)(C)C)c(F)cc2C#N)cc1-n1nccn1. The number of nitriles is 1. The monoisotopic (exact) mass is 496 g/mol. The smallest absolute Gasteiger partial charge is 0.166 e. The lowest BCUT2D eigenvalue weighted by molar-refractivity contribution is -0.103. The van der Waals surface area contributed by atoms with Gasteiger partial charge in [0, 0.05) is 6.42 Å². The van der Waals surface area contributed by atoms with Gasteiger partial charge >= 0.3 is 0 Å². The van der Waals surface area contributed by atoms with Gasteiger partial charge in [-0.1, -0.05) is 0 Å². The Hall–Kier alpha value is -3.65. The standard InChI is InChI=1S/C25H30F2N8O/c1-15-20(35-30-8-9-31-35)11-17(14-29-15)32-22-16(13-28)10-18(26)23(34-22)33-19-6-7-25(5,27)12-21(19)36-24(2,3)4/h8-11,14,19,21H,6-7,12H2,1-5H3,(H2,32,33,34). The number of aryl methyl sites for hydroxylation is 1. The Labute approximate surface area is 208 Å². The van der Waals surface area contributed by atoms with E-state index >= 15 is 0 Å². The van der Waals surface area contributed by atoms with Crippen molar-refractivity contribution in [3.05, 3.63) is 47.8 Å². The molecule has 0 radical (unpaired) electrons. The minimum atomic E-state index is -1.36. The van der Waals surface area contributed by atoms with Gasteiger partial charge in [-0.2, -0.15) is 15.5 Å². The van der Waals surface area contributed by atoms with Crippen molar-refractivity contribution in [1.29, 1.82) is 5.26 Å². The molecule has 0 spiro atoms. The highest BCUT2D eigenvalue weighted by Crippen LogP contribution is 2.37. The van der Waals surface area contributed by atoms with Gasteiger partial charge in [0.1, 0.15) is 17.4 Å². The summed E-state index contributed by atoms with van der Waals surface area (Å²) in [7, 11) is 0. The molecule has 0 bridgehead atoms. The van der Waals surface area contributed by atoms with E-state index in [1.807, 2.05) is 33.8 Å². The van der Waals surface area contributed by atoms with Gasteiger partial charge in [-0.3, -0.25) is 4.98 Å². The van der Waals surface area contributed by atoms with Gasteiger partial charge in [0.25, 0.3) is 0 Å². The lowest BCUT2D eigenvalue weighted by atomic mass is 9.82. The van der Waals surface area contributed by atoms with Crippen LogP contribution in [0.4, 0.5) is 26.1 Å². The second kappa shape index (κ2) is 9.78. The maximum absolute atomic E-state index is 15.0. The molecule has 1 saturated carbocycles. The van der Waals surface area contributed by atoms with Crippen LogP contribution in [-0.2, 0) is 4.74 Å². The maximum Gasteiger partial charge on any atom is 0.166 e. The third-order valence-electron chi connectivity index (χ3n) is 5.93. The molecule has 1 aliphatic rings. The number of pyridine rings is 2. The fourth-order valence-corrected chi connectivity index (χ4v) is 4.26. The van der Waals surface area contributed by atoms with Crippen molar-refractivity contribution >= 4 is 17.3 Å². The van der Waals surface area contributed by atoms with E-state index in [0.717, 1.165) is 6.07 Å². The Balaban J connectivity index is 1.62. The first-order chi connectivity index (χ1) is 16.9. The topological polar surface area (TPSA) is 114 Å². The summed E-state index contributed by atoms with van der Waals surface area (Å²) in [6.07, 6.45) is 5.16. The zero-order valence-electron chi connectivity index (χ0n) is 21.0. The molecule has 190 valence electrons. The number of halogens is 2. The van der Waals surface area contributed by atoms with Crippen LogP contribution in [0.15, 0.2) is 30.7 Å². The van der Waals surface area contributed by atoms with Gasteiger partial charge in [0.15, 0.2) is 17.5 Å². The molecule has 36 heavy (non-hydrogen) atoms. The van der Waals surface area contributed by atoms with Crippen molar-refractivity contribution in [2.75, 3.05) is 10.6 Å². The molecule has 0 aromatic carbocycles. The van der Waals surface area contributed by atoms with Crippen LogP contribution in [0.2, 0.25) is 0 Å². The van der Waals surface area contributed by atoms with Crippen LogP contribution in [0.5, 0.6) is 0 Å². The van der Waals surface area contributed by atoms with E-state index in [1.54, 1.807) is 31.6 Å². The first kappa shape index (κ1) is 25.4. The molecule has 9 nitrogen and oxygen atoms in total. The molecule has 3 aromatic rings. The highest BCUT2D eigenvalue weighted by molar-refractivity contribution is 5.66. The maximum atomic E-state index is 15.0. The van der Waals surface area contributed by atoms with Crippen LogP contribution in [-0.4, -0.2) is 48.4 Å². The molecule has 4 rings (SSSR count). The predicted octanol–water partition coefficient (Wildman–Crippen LogP) is 5.00. The van der Waals surface area contributed by atoms with Gasteiger partial charge in [-0.15, -0.1) is 4.80 Å². The van der Waals surface area contributed by atoms with Gasteiger partial charge in [0.05, 0.1) is 53.3 Å². The molecule has 2 N–H and O–H groups in total. The lowest BCUT2D eigenvalue weighted by Crippen LogP contribution is -2.48. The fraction of sp³-hybridized carbons (Fsp3) is 0.480. The zero-order chi connectivity index (χ0) is 26.1. The van der Waals surface area contributed by atoms with Gasteiger partial charge in [-0.25, -0.2) is 13.8 Å². The quantitative estimate of drug-likeness (QED) is 0.490. The van der Waals surface area contributed by atoms with Gasteiger partial charge in [0.2, 0.25) is 0 Å². The third-order valence-corrected chi connectivity index (χ3v) is 5.93. The largest absolute Gasteiger partial charge is 0.370 e. The summed E-state index contributed by atoms with van der Waals surface area (Å²) in [5.74, 6) is -0.560. The number of ether oxygens (including phenoxy) is 1. The van der Waals surface area contributed by atoms with Crippen LogP contribution in [0, 0.1) is 24.1 Å². The van der Waals surface area contributed by atoms with Crippen LogP contribution in [0.3, 0.4) is 0 Å². The molecule has 3 atom stereocenters. The summed E-state index contributed by atoms with van der Waals surface area (Å²) in [5.41, 5.74) is 0.0308. The minimum Gasteiger partial charge on any atom is -0.370 e. The van der Waals surface area contributed by atoms with E-state index in [4.69, 9.17) is 4.74 Å². The van der Waals surface area contributed by atoms with E-state index < -0.39 is 23.2 Å². The second-order valence-corrected chi connectivity index (χ2v) is 10.3. The Kier molecular flexibility index (Phi) is 6.91. The van der Waals surface area contributed by atoms with Crippen molar-refractivity contribution in [1.82, 2.24) is 25.0 Å². The highest BCUT2D eigenvalue weighted by Gasteiger charge is 2.40. The predicted molar refractivity (Wildman–Crippen MR) is 131 cm³/mol. The first-order valence-corrected chi connectivity index (χ1v) is 11.8. The van der Waals surface area contributed by atoms with Crippen molar-refractivity contribution in [3.8, 4) is 11.8 Å². The number of anilines is 3. The van der Waals surface area contributed by atoms with E-state index in [2.05, 4.69) is 30.8 Å². The summed E-state index contributed by atoms with van der Waals surface area (Å²) >= 11 is 0. The molecule has 3 aromatic heterocycles. The van der Waals surface area contributed by atoms with Crippen molar-refractivity contribution in [2.45, 2.75) is 77.3 Å². The number of rotatable bonds is 6. The average molecular weight is 497 g/mol. The van der Waals surface area contributed by atoms with Crippen LogP contribution >= 0.6 is 0 Å². The molecular formula is C25H30F2N8O. The Bertz CT molecular complexity index is 1260. The first-order valence-electron chi connectivity index (χ1n) is 11.8. The van der Waals surface area contributed by atoms with Gasteiger partial charge < -0.3 is 15.4 Å². The lowest BCUT2D eigenvalue weighted by Gasteiger charge is -2.41. The number of alkyl halides is 1. The number of hydrogen-bond acceptors (Lipinski definition) is 8. The number of hydrogen-bond donors (Lipinski definition) is 2. The molecule has 3 heterocycles. The normalized spacial score (nSPS) is 22.2. The summed E-state index contributed by atoms with van der Waals surface area (Å²) in [5, 5.41) is 24.0. The Morgan fingerprint density at radius 1 is 1.22 bits per heavy atom. The molecule has 0 saturated heterocycles.